The number of methoxy groups -OCH3 is 1. The van der Waals surface area contributed by atoms with Crippen LogP contribution in [-0.2, 0) is 16.0 Å². The van der Waals surface area contributed by atoms with Crippen LogP contribution in [0.2, 0.25) is 0 Å². The van der Waals surface area contributed by atoms with Crippen molar-refractivity contribution >= 4 is 34.8 Å². The standard InChI is InChI=1S/C24H31N3O3S/c1-16(2)15-18-5-7-19(8-6-18)17(3)22(28)27-24(31)26-21-11-9-20(10-12-21)23(29)25-13-14-30-4/h5-12,16-17H,13-15H2,1-4H3,(H,25,29)(H2,26,27,28,31). The number of hydrogen-bond acceptors (Lipinski definition) is 4. The van der Waals surface area contributed by atoms with Crippen molar-refractivity contribution in [1.82, 2.24) is 10.6 Å². The van der Waals surface area contributed by atoms with Crippen LogP contribution in [0.15, 0.2) is 48.5 Å². The molecular weight excluding hydrogens is 410 g/mol. The molecule has 0 heterocycles. The first-order valence-electron chi connectivity index (χ1n) is 10.4. The molecule has 0 aliphatic carbocycles. The van der Waals surface area contributed by atoms with Gasteiger partial charge in [0.2, 0.25) is 5.91 Å². The van der Waals surface area contributed by atoms with Gasteiger partial charge in [-0.25, -0.2) is 0 Å². The predicted molar refractivity (Wildman–Crippen MR) is 128 cm³/mol. The number of thiocarbonyl (C=S) groups is 1. The van der Waals surface area contributed by atoms with Crippen molar-refractivity contribution in [3.05, 3.63) is 65.2 Å². The first-order valence-corrected chi connectivity index (χ1v) is 10.8. The molecule has 2 amide bonds. The van der Waals surface area contributed by atoms with Crippen molar-refractivity contribution in [1.29, 1.82) is 0 Å². The summed E-state index contributed by atoms with van der Waals surface area (Å²) < 4.78 is 4.91. The SMILES string of the molecule is COCCNC(=O)c1ccc(NC(=S)NC(=O)C(C)c2ccc(CC(C)C)cc2)cc1. The molecule has 0 bridgehead atoms. The van der Waals surface area contributed by atoms with Gasteiger partial charge in [0.25, 0.3) is 5.91 Å². The number of rotatable bonds is 9. The average Bonchev–Trinajstić information content (AvgIpc) is 2.74. The van der Waals surface area contributed by atoms with Crippen molar-refractivity contribution < 1.29 is 14.3 Å². The van der Waals surface area contributed by atoms with Crippen LogP contribution in [0.25, 0.3) is 0 Å². The fourth-order valence-electron chi connectivity index (χ4n) is 3.02. The van der Waals surface area contributed by atoms with Crippen molar-refractivity contribution in [2.45, 2.75) is 33.1 Å². The normalized spacial score (nSPS) is 11.6. The van der Waals surface area contributed by atoms with E-state index in [2.05, 4.69) is 41.9 Å². The Bertz CT molecular complexity index is 880. The summed E-state index contributed by atoms with van der Waals surface area (Å²) in [6, 6.07) is 15.0. The zero-order valence-electron chi connectivity index (χ0n) is 18.5. The zero-order valence-corrected chi connectivity index (χ0v) is 19.3. The molecule has 0 aromatic heterocycles. The second-order valence-electron chi connectivity index (χ2n) is 7.83. The summed E-state index contributed by atoms with van der Waals surface area (Å²) in [5.74, 6) is -0.0869. The first kappa shape index (κ1) is 24.5. The molecule has 2 aromatic carbocycles. The van der Waals surface area contributed by atoms with Crippen molar-refractivity contribution in [3.8, 4) is 0 Å². The van der Waals surface area contributed by atoms with Crippen LogP contribution in [0.4, 0.5) is 5.69 Å². The van der Waals surface area contributed by atoms with Gasteiger partial charge < -0.3 is 20.7 Å². The van der Waals surface area contributed by atoms with E-state index in [0.29, 0.717) is 30.3 Å². The Labute approximate surface area is 189 Å². The third-order valence-corrected chi connectivity index (χ3v) is 4.95. The summed E-state index contributed by atoms with van der Waals surface area (Å²) in [6.45, 7) is 7.13. The highest BCUT2D eigenvalue weighted by molar-refractivity contribution is 7.80. The van der Waals surface area contributed by atoms with Gasteiger partial charge in [-0.2, -0.15) is 0 Å². The highest BCUT2D eigenvalue weighted by Gasteiger charge is 2.16. The van der Waals surface area contributed by atoms with Gasteiger partial charge in [0.05, 0.1) is 12.5 Å². The summed E-state index contributed by atoms with van der Waals surface area (Å²) in [7, 11) is 1.58. The third-order valence-electron chi connectivity index (χ3n) is 4.75. The van der Waals surface area contributed by atoms with E-state index in [-0.39, 0.29) is 22.8 Å². The van der Waals surface area contributed by atoms with E-state index in [1.54, 1.807) is 31.4 Å². The highest BCUT2D eigenvalue weighted by Crippen LogP contribution is 2.18. The molecule has 0 fully saturated rings. The average molecular weight is 442 g/mol. The van der Waals surface area contributed by atoms with Crippen LogP contribution in [0.1, 0.15) is 48.2 Å². The van der Waals surface area contributed by atoms with E-state index in [1.807, 2.05) is 19.1 Å². The van der Waals surface area contributed by atoms with Crippen molar-refractivity contribution in [2.24, 2.45) is 5.92 Å². The van der Waals surface area contributed by atoms with Crippen LogP contribution in [0.5, 0.6) is 0 Å². The zero-order chi connectivity index (χ0) is 22.8. The van der Waals surface area contributed by atoms with E-state index in [0.717, 1.165) is 12.0 Å². The molecular formula is C24H31N3O3S. The lowest BCUT2D eigenvalue weighted by atomic mass is 9.96. The Hall–Kier alpha value is -2.77. The van der Waals surface area contributed by atoms with Crippen LogP contribution >= 0.6 is 12.2 Å². The van der Waals surface area contributed by atoms with E-state index in [9.17, 15) is 9.59 Å². The molecule has 1 atom stereocenters. The first-order chi connectivity index (χ1) is 14.8. The van der Waals surface area contributed by atoms with Gasteiger partial charge in [-0.05, 0) is 66.9 Å². The van der Waals surface area contributed by atoms with Gasteiger partial charge >= 0.3 is 0 Å². The number of amides is 2. The van der Waals surface area contributed by atoms with E-state index < -0.39 is 0 Å². The number of nitrogens with one attached hydrogen (secondary N) is 3. The minimum atomic E-state index is -0.328. The lowest BCUT2D eigenvalue weighted by Gasteiger charge is -2.15. The Kier molecular flexibility index (Phi) is 9.62. The van der Waals surface area contributed by atoms with Gasteiger partial charge in [-0.3, -0.25) is 9.59 Å². The number of carbonyl (C=O) groups is 2. The second-order valence-corrected chi connectivity index (χ2v) is 8.24. The topological polar surface area (TPSA) is 79.5 Å². The minimum Gasteiger partial charge on any atom is -0.383 e. The Morgan fingerprint density at radius 3 is 2.23 bits per heavy atom. The summed E-state index contributed by atoms with van der Waals surface area (Å²) in [5, 5.41) is 8.68. The number of hydrogen-bond donors (Lipinski definition) is 3. The second kappa shape index (κ2) is 12.2. The van der Waals surface area contributed by atoms with Gasteiger partial charge in [0.15, 0.2) is 5.11 Å². The van der Waals surface area contributed by atoms with Gasteiger partial charge in [0, 0.05) is 24.9 Å². The maximum Gasteiger partial charge on any atom is 0.251 e. The van der Waals surface area contributed by atoms with Crippen molar-refractivity contribution in [2.75, 3.05) is 25.6 Å². The van der Waals surface area contributed by atoms with Gasteiger partial charge in [-0.15, -0.1) is 0 Å². The monoisotopic (exact) mass is 441 g/mol. The molecule has 6 nitrogen and oxygen atoms in total. The molecule has 166 valence electrons. The number of ether oxygens (including phenoxy) is 1. The molecule has 7 heteroatoms. The Morgan fingerprint density at radius 2 is 1.65 bits per heavy atom. The number of anilines is 1. The van der Waals surface area contributed by atoms with E-state index in [4.69, 9.17) is 17.0 Å². The molecule has 2 aromatic rings. The molecule has 0 aliphatic heterocycles. The molecule has 0 spiro atoms. The van der Waals surface area contributed by atoms with Crippen LogP contribution in [-0.4, -0.2) is 37.2 Å². The molecule has 0 saturated heterocycles. The Balaban J connectivity index is 1.87. The molecule has 2 rings (SSSR count). The quantitative estimate of drug-likeness (QED) is 0.407. The van der Waals surface area contributed by atoms with Crippen molar-refractivity contribution in [3.63, 3.8) is 0 Å². The Morgan fingerprint density at radius 1 is 1.00 bits per heavy atom. The maximum absolute atomic E-state index is 12.6. The molecule has 0 saturated carbocycles. The predicted octanol–water partition coefficient (Wildman–Crippen LogP) is 3.88. The summed E-state index contributed by atoms with van der Waals surface area (Å²) in [6.07, 6.45) is 1.02. The fraction of sp³-hybridized carbons (Fsp3) is 0.375. The lowest BCUT2D eigenvalue weighted by molar-refractivity contribution is -0.120. The fourth-order valence-corrected chi connectivity index (χ4v) is 3.24. The number of carbonyl (C=O) groups excluding carboxylic acids is 2. The van der Waals surface area contributed by atoms with E-state index in [1.165, 1.54) is 5.56 Å². The van der Waals surface area contributed by atoms with Crippen LogP contribution in [0.3, 0.4) is 0 Å². The summed E-state index contributed by atoms with van der Waals surface area (Å²) in [4.78, 5) is 24.6. The largest absolute Gasteiger partial charge is 0.383 e. The van der Waals surface area contributed by atoms with Gasteiger partial charge in [-0.1, -0.05) is 38.1 Å². The number of benzene rings is 2. The van der Waals surface area contributed by atoms with Crippen LogP contribution < -0.4 is 16.0 Å². The van der Waals surface area contributed by atoms with Gasteiger partial charge in [0.1, 0.15) is 0 Å². The molecule has 31 heavy (non-hydrogen) atoms. The summed E-state index contributed by atoms with van der Waals surface area (Å²) in [5.41, 5.74) is 3.42. The molecule has 0 radical (unpaired) electrons. The molecule has 0 aliphatic rings. The van der Waals surface area contributed by atoms with Crippen LogP contribution in [0, 0.1) is 5.92 Å². The lowest BCUT2D eigenvalue weighted by Crippen LogP contribution is -2.36. The summed E-state index contributed by atoms with van der Waals surface area (Å²) >= 11 is 5.27. The molecule has 3 N–H and O–H groups in total. The highest BCUT2D eigenvalue weighted by atomic mass is 32.1. The third kappa shape index (κ3) is 8.11. The minimum absolute atomic E-state index is 0.173. The van der Waals surface area contributed by atoms with E-state index >= 15 is 0 Å². The smallest absolute Gasteiger partial charge is 0.251 e. The molecule has 1 unspecified atom stereocenters. The maximum atomic E-state index is 12.6.